The van der Waals surface area contributed by atoms with Gasteiger partial charge in [-0.05, 0) is 44.0 Å². The fourth-order valence-electron chi connectivity index (χ4n) is 4.73. The van der Waals surface area contributed by atoms with Crippen molar-refractivity contribution in [1.29, 1.82) is 0 Å². The Morgan fingerprint density at radius 2 is 1.65 bits per heavy atom. The summed E-state index contributed by atoms with van der Waals surface area (Å²) in [7, 11) is 1.31. The summed E-state index contributed by atoms with van der Waals surface area (Å²) in [5, 5.41) is 4.76. The molecule has 37 heavy (non-hydrogen) atoms. The standard InChI is InChI=1S/C26H30N5O4.C2H6/c1-19-6-5-7-20(16-19)22-18-25(29-10-3-4-11-29)26(32)30(27-22)24-17-21(28-12-14-35-15-13-28)8-9-23(24)31(33)34-2;1-2/h5-9,16-18H,3-4,10-15H2,1-2H3;1-2H3/q+1;. The summed E-state index contributed by atoms with van der Waals surface area (Å²) >= 11 is 0. The lowest BCUT2D eigenvalue weighted by Crippen LogP contribution is -2.36. The second-order valence-corrected chi connectivity index (χ2v) is 8.91. The predicted octanol–water partition coefficient (Wildman–Crippen LogP) is 4.64. The average Bonchev–Trinajstić information content (AvgIpc) is 3.49. The van der Waals surface area contributed by atoms with Crippen molar-refractivity contribution in [3.05, 3.63) is 69.4 Å². The van der Waals surface area contributed by atoms with E-state index < -0.39 is 0 Å². The normalized spacial score (nSPS) is 15.2. The Bertz CT molecular complexity index is 1290. The number of aromatic nitrogens is 2. The summed E-state index contributed by atoms with van der Waals surface area (Å²) in [6, 6.07) is 15.3. The largest absolute Gasteiger partial charge is 0.378 e. The molecule has 0 unspecified atom stereocenters. The molecule has 0 bridgehead atoms. The maximum atomic E-state index is 13.8. The highest BCUT2D eigenvalue weighted by atomic mass is 16.8. The van der Waals surface area contributed by atoms with Crippen LogP contribution >= 0.6 is 0 Å². The first-order valence-corrected chi connectivity index (χ1v) is 13.0. The van der Waals surface area contributed by atoms with Gasteiger partial charge in [0.2, 0.25) is 0 Å². The van der Waals surface area contributed by atoms with Crippen LogP contribution in [0.25, 0.3) is 16.9 Å². The molecule has 9 heteroatoms. The third kappa shape index (κ3) is 5.67. The monoisotopic (exact) mass is 506 g/mol. The minimum absolute atomic E-state index is 0.216. The second kappa shape index (κ2) is 12.0. The van der Waals surface area contributed by atoms with E-state index in [0.29, 0.717) is 35.2 Å². The molecule has 0 radical (unpaired) electrons. The summed E-state index contributed by atoms with van der Waals surface area (Å²) in [5.74, 6) is 0. The average molecular weight is 507 g/mol. The maximum Gasteiger partial charge on any atom is 0.342 e. The van der Waals surface area contributed by atoms with Gasteiger partial charge < -0.3 is 14.5 Å². The van der Waals surface area contributed by atoms with E-state index in [-0.39, 0.29) is 11.2 Å². The van der Waals surface area contributed by atoms with E-state index in [4.69, 9.17) is 14.7 Å². The first-order valence-electron chi connectivity index (χ1n) is 13.0. The van der Waals surface area contributed by atoms with E-state index in [1.807, 2.05) is 63.2 Å². The minimum Gasteiger partial charge on any atom is -0.378 e. The molecule has 2 aromatic carbocycles. The third-order valence-corrected chi connectivity index (χ3v) is 6.58. The fraction of sp³-hybridized carbons (Fsp3) is 0.429. The molecule has 1 aromatic heterocycles. The van der Waals surface area contributed by atoms with Gasteiger partial charge in [0.05, 0.1) is 23.8 Å². The Balaban J connectivity index is 0.00000156. The SMILES string of the molecule is CC.CO[N+](=O)c1ccc(N2CCOCC2)cc1-n1nc(-c2cccc(C)c2)cc(N2CCCC2)c1=O. The zero-order valence-electron chi connectivity index (χ0n) is 22.1. The predicted molar refractivity (Wildman–Crippen MR) is 146 cm³/mol. The van der Waals surface area contributed by atoms with Crippen LogP contribution < -0.4 is 15.4 Å². The Kier molecular flexibility index (Phi) is 8.55. The molecular formula is C28H36N5O4+. The van der Waals surface area contributed by atoms with Gasteiger partial charge in [0.1, 0.15) is 5.69 Å². The molecule has 2 fully saturated rings. The smallest absolute Gasteiger partial charge is 0.342 e. The molecule has 9 nitrogen and oxygen atoms in total. The second-order valence-electron chi connectivity index (χ2n) is 8.91. The Morgan fingerprint density at radius 3 is 2.32 bits per heavy atom. The summed E-state index contributed by atoms with van der Waals surface area (Å²) in [4.78, 5) is 36.2. The number of morpholine rings is 1. The first-order chi connectivity index (χ1) is 18.0. The molecule has 196 valence electrons. The van der Waals surface area contributed by atoms with Gasteiger partial charge in [0.25, 0.3) is 10.5 Å². The van der Waals surface area contributed by atoms with Gasteiger partial charge in [0.15, 0.2) is 12.8 Å². The Morgan fingerprint density at radius 1 is 0.919 bits per heavy atom. The fourth-order valence-corrected chi connectivity index (χ4v) is 4.73. The van der Waals surface area contributed by atoms with Crippen molar-refractivity contribution in [1.82, 2.24) is 9.78 Å². The molecule has 0 aliphatic carbocycles. The molecule has 0 saturated carbocycles. The number of anilines is 2. The van der Waals surface area contributed by atoms with Crippen molar-refractivity contribution in [2.75, 3.05) is 56.3 Å². The number of ether oxygens (including phenoxy) is 1. The number of benzene rings is 2. The summed E-state index contributed by atoms with van der Waals surface area (Å²) in [6.07, 6.45) is 2.08. The molecule has 3 aromatic rings. The van der Waals surface area contributed by atoms with Crippen molar-refractivity contribution < 1.29 is 14.5 Å². The van der Waals surface area contributed by atoms with E-state index >= 15 is 0 Å². The number of nitrogens with zero attached hydrogens (tertiary/aromatic N) is 5. The van der Waals surface area contributed by atoms with Crippen LogP contribution in [0.1, 0.15) is 32.3 Å². The number of hydrogen-bond donors (Lipinski definition) is 0. The molecule has 2 aliphatic rings. The highest BCUT2D eigenvalue weighted by molar-refractivity contribution is 5.67. The number of rotatable bonds is 6. The quantitative estimate of drug-likeness (QED) is 0.451. The van der Waals surface area contributed by atoms with E-state index in [1.54, 1.807) is 6.07 Å². The van der Waals surface area contributed by atoms with Crippen molar-refractivity contribution in [2.24, 2.45) is 0 Å². The zero-order chi connectivity index (χ0) is 26.4. The summed E-state index contributed by atoms with van der Waals surface area (Å²) < 4.78 is 6.84. The third-order valence-electron chi connectivity index (χ3n) is 6.58. The first kappa shape index (κ1) is 26.3. The maximum absolute atomic E-state index is 13.8. The highest BCUT2D eigenvalue weighted by Gasteiger charge is 2.28. The zero-order valence-corrected chi connectivity index (χ0v) is 22.1. The van der Waals surface area contributed by atoms with Gasteiger partial charge in [-0.15, -0.1) is 0 Å². The van der Waals surface area contributed by atoms with Crippen LogP contribution in [0.5, 0.6) is 0 Å². The molecule has 5 rings (SSSR count). The van der Waals surface area contributed by atoms with Crippen molar-refractivity contribution in [2.45, 2.75) is 33.6 Å². The molecular weight excluding hydrogens is 470 g/mol. The molecule has 2 saturated heterocycles. The lowest BCUT2D eigenvalue weighted by Gasteiger charge is -2.29. The van der Waals surface area contributed by atoms with Crippen molar-refractivity contribution >= 4 is 17.1 Å². The van der Waals surface area contributed by atoms with Gasteiger partial charge >= 0.3 is 5.69 Å². The van der Waals surface area contributed by atoms with Crippen LogP contribution in [0.2, 0.25) is 0 Å². The molecule has 2 aliphatic heterocycles. The lowest BCUT2D eigenvalue weighted by molar-refractivity contribution is -0.736. The van der Waals surface area contributed by atoms with E-state index in [9.17, 15) is 9.70 Å². The van der Waals surface area contributed by atoms with Gasteiger partial charge in [0, 0.05) is 43.5 Å². The molecule has 0 atom stereocenters. The van der Waals surface area contributed by atoms with Crippen LogP contribution in [0.3, 0.4) is 0 Å². The van der Waals surface area contributed by atoms with Crippen LogP contribution in [0.4, 0.5) is 17.1 Å². The van der Waals surface area contributed by atoms with Crippen LogP contribution in [-0.4, -0.2) is 61.2 Å². The van der Waals surface area contributed by atoms with Gasteiger partial charge in [-0.2, -0.15) is 9.78 Å². The van der Waals surface area contributed by atoms with Gasteiger partial charge in [-0.1, -0.05) is 37.6 Å². The molecule has 3 heterocycles. The summed E-state index contributed by atoms with van der Waals surface area (Å²) in [6.45, 7) is 10.4. The van der Waals surface area contributed by atoms with Crippen LogP contribution in [0, 0.1) is 11.8 Å². The van der Waals surface area contributed by atoms with E-state index in [2.05, 4.69) is 9.80 Å². The Hall–Kier alpha value is -3.72. The topological polar surface area (TPSA) is 79.9 Å². The molecule has 0 amide bonds. The molecule has 0 spiro atoms. The van der Waals surface area contributed by atoms with E-state index in [1.165, 1.54) is 11.8 Å². The minimum atomic E-state index is -0.256. The van der Waals surface area contributed by atoms with Gasteiger partial charge in [-0.3, -0.25) is 4.79 Å². The summed E-state index contributed by atoms with van der Waals surface area (Å²) in [5.41, 5.74) is 4.51. The van der Waals surface area contributed by atoms with Crippen LogP contribution in [-0.2, 0) is 9.57 Å². The number of aryl methyl sites for hydroxylation is 1. The number of hydrogen-bond acceptors (Lipinski definition) is 7. The van der Waals surface area contributed by atoms with Crippen molar-refractivity contribution in [3.8, 4) is 16.9 Å². The lowest BCUT2D eigenvalue weighted by atomic mass is 10.1. The molecule has 0 N–H and O–H groups in total. The van der Waals surface area contributed by atoms with Crippen molar-refractivity contribution in [3.63, 3.8) is 0 Å². The van der Waals surface area contributed by atoms with Crippen LogP contribution in [0.15, 0.2) is 53.3 Å². The highest BCUT2D eigenvalue weighted by Crippen LogP contribution is 2.30. The van der Waals surface area contributed by atoms with E-state index in [0.717, 1.165) is 55.8 Å². The van der Waals surface area contributed by atoms with Gasteiger partial charge in [-0.25, -0.2) is 4.84 Å². The Labute approximate surface area is 217 Å².